The second kappa shape index (κ2) is 11.5. The second-order valence-electron chi connectivity index (χ2n) is 18.7. The molecule has 0 saturated carbocycles. The van der Waals surface area contributed by atoms with Crippen molar-refractivity contribution in [3.8, 4) is 11.4 Å². The molecule has 0 unspecified atom stereocenters. The monoisotopic (exact) mass is 765 g/mol. The summed E-state index contributed by atoms with van der Waals surface area (Å²) in [7, 11) is 0. The fourth-order valence-electron chi connectivity index (χ4n) is 10.3. The van der Waals surface area contributed by atoms with E-state index in [1.165, 1.54) is 115 Å². The average molecular weight is 766 g/mol. The van der Waals surface area contributed by atoms with Gasteiger partial charge >= 0.3 is 0 Å². The van der Waals surface area contributed by atoms with Crippen molar-refractivity contribution in [3.05, 3.63) is 156 Å². The van der Waals surface area contributed by atoms with Crippen molar-refractivity contribution in [1.82, 2.24) is 9.13 Å². The number of anilines is 3. The zero-order chi connectivity index (χ0) is 39.4. The van der Waals surface area contributed by atoms with E-state index in [9.17, 15) is 0 Å². The number of rotatable bonds is 2. The maximum atomic E-state index is 2.62. The van der Waals surface area contributed by atoms with E-state index in [0.29, 0.717) is 0 Å². The SMILES string of the molecule is Cc1cc2c3c(c1)-n1c4ccccc4c4cc5c(c(c41)B3c1sc3ccc(C(C)(C)C)cc3c1N2c1ccc(C(C)(C)C)cc1)c1ccccc1n5-c1ccccc1. The van der Waals surface area contributed by atoms with Gasteiger partial charge in [-0.05, 0) is 112 Å². The Hall–Kier alpha value is -6.04. The Bertz CT molecular complexity index is 3370. The second-order valence-corrected chi connectivity index (χ2v) is 19.8. The minimum absolute atomic E-state index is 0.0152. The summed E-state index contributed by atoms with van der Waals surface area (Å²) in [6, 6.07) is 53.2. The number of benzene rings is 7. The van der Waals surface area contributed by atoms with Gasteiger partial charge in [-0.15, -0.1) is 11.3 Å². The molecule has 0 radical (unpaired) electrons. The predicted molar refractivity (Wildman–Crippen MR) is 252 cm³/mol. The van der Waals surface area contributed by atoms with E-state index in [1.54, 1.807) is 0 Å². The van der Waals surface area contributed by atoms with E-state index < -0.39 is 0 Å². The van der Waals surface area contributed by atoms with Crippen LogP contribution in [0.25, 0.3) is 65.1 Å². The molecular weight excluding hydrogens is 721 g/mol. The van der Waals surface area contributed by atoms with Crippen LogP contribution in [0.1, 0.15) is 58.2 Å². The van der Waals surface area contributed by atoms with Gasteiger partial charge in [-0.3, -0.25) is 0 Å². The lowest BCUT2D eigenvalue weighted by molar-refractivity contribution is 0.590. The number of hydrogen-bond acceptors (Lipinski definition) is 2. The van der Waals surface area contributed by atoms with Crippen LogP contribution in [0.5, 0.6) is 0 Å². The first kappa shape index (κ1) is 34.0. The molecule has 2 aliphatic heterocycles. The molecule has 58 heavy (non-hydrogen) atoms. The van der Waals surface area contributed by atoms with Gasteiger partial charge in [-0.1, -0.05) is 114 Å². The van der Waals surface area contributed by atoms with Crippen LogP contribution in [0.3, 0.4) is 0 Å². The largest absolute Gasteiger partial charge is 0.310 e. The lowest BCUT2D eigenvalue weighted by atomic mass is 9.36. The summed E-state index contributed by atoms with van der Waals surface area (Å²) >= 11 is 1.99. The van der Waals surface area contributed by atoms with Crippen LogP contribution in [-0.4, -0.2) is 15.8 Å². The topological polar surface area (TPSA) is 13.1 Å². The number of para-hydroxylation sites is 3. The van der Waals surface area contributed by atoms with E-state index in [1.807, 2.05) is 11.3 Å². The van der Waals surface area contributed by atoms with Crippen LogP contribution in [0.2, 0.25) is 0 Å². The zero-order valence-corrected chi connectivity index (χ0v) is 34.9. The molecule has 3 nitrogen and oxygen atoms in total. The molecule has 2 aliphatic rings. The van der Waals surface area contributed by atoms with Crippen molar-refractivity contribution in [3.63, 3.8) is 0 Å². The summed E-state index contributed by atoms with van der Waals surface area (Å²) in [4.78, 5) is 2.62. The van der Waals surface area contributed by atoms with Gasteiger partial charge in [-0.2, -0.15) is 0 Å². The molecule has 5 heterocycles. The first-order valence-corrected chi connectivity index (χ1v) is 21.5. The van der Waals surface area contributed by atoms with Crippen LogP contribution >= 0.6 is 11.3 Å². The third kappa shape index (κ3) is 4.51. The van der Waals surface area contributed by atoms with E-state index in [2.05, 4.69) is 202 Å². The van der Waals surface area contributed by atoms with Gasteiger partial charge in [-0.25, -0.2) is 0 Å². The third-order valence-electron chi connectivity index (χ3n) is 13.0. The van der Waals surface area contributed by atoms with Crippen molar-refractivity contribution in [1.29, 1.82) is 0 Å². The van der Waals surface area contributed by atoms with E-state index in [4.69, 9.17) is 0 Å². The van der Waals surface area contributed by atoms with Crippen LogP contribution in [0.4, 0.5) is 17.1 Å². The Morgan fingerprint density at radius 3 is 1.86 bits per heavy atom. The summed E-state index contributed by atoms with van der Waals surface area (Å²) in [6.45, 7) is 16.2. The number of aromatic nitrogens is 2. The highest BCUT2D eigenvalue weighted by Gasteiger charge is 2.46. The molecule has 0 fully saturated rings. The van der Waals surface area contributed by atoms with Crippen molar-refractivity contribution in [2.24, 2.45) is 0 Å². The van der Waals surface area contributed by atoms with E-state index in [0.717, 1.165) is 0 Å². The molecule has 5 heteroatoms. The smallest absolute Gasteiger partial charge is 0.265 e. The fraction of sp³-hybridized carbons (Fsp3) is 0.170. The molecule has 0 saturated heterocycles. The molecule has 0 spiro atoms. The number of thiophene rings is 1. The van der Waals surface area contributed by atoms with Crippen LogP contribution in [-0.2, 0) is 10.8 Å². The lowest BCUT2D eigenvalue weighted by Gasteiger charge is -2.39. The van der Waals surface area contributed by atoms with Crippen LogP contribution in [0.15, 0.2) is 140 Å². The number of fused-ring (bicyclic) bond motifs is 13. The van der Waals surface area contributed by atoms with Crippen molar-refractivity contribution in [2.45, 2.75) is 59.3 Å². The standard InChI is InChI=1S/C53H44BN3S/c1-31-27-43-47-44(28-31)57-40-19-13-11-17-36(40)38-30-42-46(37-18-12-14-20-41(37)55(42)34-15-9-8-10-16-34)48(49(38)57)54(47)51-50(39-29-33(53(5,6)7)23-26-45(39)58-51)56(43)35-24-21-32(22-25-35)52(2,3)4/h8-30H,1-7H3. The number of hydrogen-bond donors (Lipinski definition) is 0. The van der Waals surface area contributed by atoms with Crippen LogP contribution < -0.4 is 20.6 Å². The predicted octanol–water partition coefficient (Wildman–Crippen LogP) is 12.6. The molecule has 0 atom stereocenters. The van der Waals surface area contributed by atoms with Crippen LogP contribution in [0, 0.1) is 6.92 Å². The average Bonchev–Trinajstić information content (AvgIpc) is 3.87. The molecular formula is C53H44BN3S. The first-order chi connectivity index (χ1) is 28.0. The molecule has 280 valence electrons. The quantitative estimate of drug-likeness (QED) is 0.160. The molecule has 0 amide bonds. The van der Waals surface area contributed by atoms with Crippen molar-refractivity contribution in [2.75, 3.05) is 4.90 Å². The molecule has 0 N–H and O–H groups in total. The minimum atomic E-state index is 0.0152. The Kier molecular flexibility index (Phi) is 6.78. The molecule has 0 aliphatic carbocycles. The molecule has 0 bridgehead atoms. The highest BCUT2D eigenvalue weighted by Crippen LogP contribution is 2.49. The third-order valence-corrected chi connectivity index (χ3v) is 14.2. The van der Waals surface area contributed by atoms with E-state index >= 15 is 0 Å². The Balaban J connectivity index is 1.30. The fourth-order valence-corrected chi connectivity index (χ4v) is 11.6. The maximum absolute atomic E-state index is 2.62. The maximum Gasteiger partial charge on any atom is 0.265 e. The highest BCUT2D eigenvalue weighted by molar-refractivity contribution is 7.34. The normalized spacial score (nSPS) is 13.7. The van der Waals surface area contributed by atoms with Gasteiger partial charge in [0.2, 0.25) is 0 Å². The van der Waals surface area contributed by atoms with Gasteiger partial charge in [0, 0.05) is 59.2 Å². The summed E-state index contributed by atoms with van der Waals surface area (Å²) in [6.07, 6.45) is 0. The highest BCUT2D eigenvalue weighted by atomic mass is 32.1. The Labute approximate surface area is 343 Å². The summed E-state index contributed by atoms with van der Waals surface area (Å²) in [5, 5.41) is 6.58. The zero-order valence-electron chi connectivity index (χ0n) is 34.1. The summed E-state index contributed by atoms with van der Waals surface area (Å²) in [5.41, 5.74) is 18.2. The first-order valence-electron chi connectivity index (χ1n) is 20.6. The minimum Gasteiger partial charge on any atom is -0.310 e. The number of nitrogens with zero attached hydrogens (tertiary/aromatic N) is 3. The van der Waals surface area contributed by atoms with Crippen molar-refractivity contribution >= 4 is 105 Å². The van der Waals surface area contributed by atoms with Gasteiger partial charge in [0.25, 0.3) is 6.71 Å². The van der Waals surface area contributed by atoms with Gasteiger partial charge in [0.05, 0.1) is 27.8 Å². The molecule has 10 aromatic rings. The van der Waals surface area contributed by atoms with E-state index in [-0.39, 0.29) is 17.5 Å². The number of aryl methyl sites for hydroxylation is 1. The van der Waals surface area contributed by atoms with Gasteiger partial charge in [0.1, 0.15) is 0 Å². The van der Waals surface area contributed by atoms with Crippen molar-refractivity contribution < 1.29 is 0 Å². The molecule has 3 aromatic heterocycles. The molecule has 7 aromatic carbocycles. The summed E-state index contributed by atoms with van der Waals surface area (Å²) < 4.78 is 7.88. The van der Waals surface area contributed by atoms with Gasteiger partial charge in [0.15, 0.2) is 0 Å². The Morgan fingerprint density at radius 2 is 1.14 bits per heavy atom. The molecule has 12 rings (SSSR count). The van der Waals surface area contributed by atoms with Gasteiger partial charge < -0.3 is 14.0 Å². The lowest BCUT2D eigenvalue weighted by Crippen LogP contribution is -2.59. The Morgan fingerprint density at radius 1 is 0.500 bits per heavy atom. The summed E-state index contributed by atoms with van der Waals surface area (Å²) in [5.74, 6) is 0.